The van der Waals surface area contributed by atoms with Gasteiger partial charge < -0.3 is 4.90 Å². The van der Waals surface area contributed by atoms with Crippen LogP contribution in [0.3, 0.4) is 0 Å². The fraction of sp³-hybridized carbons (Fsp3) is 0.316. The topological polar surface area (TPSA) is 48.0 Å². The third kappa shape index (κ3) is 3.78. The highest BCUT2D eigenvalue weighted by molar-refractivity contribution is 7.99. The summed E-state index contributed by atoms with van der Waals surface area (Å²) in [5, 5.41) is 12.5. The van der Waals surface area contributed by atoms with Crippen molar-refractivity contribution in [3.8, 4) is 0 Å². The third-order valence-electron chi connectivity index (χ3n) is 4.74. The van der Waals surface area contributed by atoms with Gasteiger partial charge in [-0.05, 0) is 40.3 Å². The zero-order valence-corrected chi connectivity index (χ0v) is 15.2. The molecule has 1 fully saturated rings. The van der Waals surface area contributed by atoms with Crippen molar-refractivity contribution >= 4 is 11.8 Å². The Morgan fingerprint density at radius 1 is 1.04 bits per heavy atom. The minimum Gasteiger partial charge on any atom is -0.321 e. The molecule has 134 valence electrons. The minimum atomic E-state index is -0.222. The highest BCUT2D eigenvalue weighted by Crippen LogP contribution is 2.19. The molecule has 0 unspecified atom stereocenters. The van der Waals surface area contributed by atoms with Gasteiger partial charge in [-0.3, -0.25) is 0 Å². The molecule has 0 amide bonds. The molecule has 1 N–H and O–H groups in total. The zero-order valence-electron chi connectivity index (χ0n) is 14.4. The Balaban J connectivity index is 1.70. The summed E-state index contributed by atoms with van der Waals surface area (Å²) in [5.41, 5.74) is 2.21. The minimum absolute atomic E-state index is 0.00946. The number of aromatic nitrogens is 4. The van der Waals surface area contributed by atoms with Gasteiger partial charge in [0.05, 0.1) is 19.6 Å². The summed E-state index contributed by atoms with van der Waals surface area (Å²) in [4.78, 5) is 1.43. The van der Waals surface area contributed by atoms with Crippen molar-refractivity contribution in [2.75, 3.05) is 24.6 Å². The lowest BCUT2D eigenvalue weighted by molar-refractivity contribution is -0.922. The lowest BCUT2D eigenvalue weighted by Gasteiger charge is -2.30. The molecule has 5 nitrogen and oxygen atoms in total. The lowest BCUT2D eigenvalue weighted by Crippen LogP contribution is -3.14. The van der Waals surface area contributed by atoms with Gasteiger partial charge in [0, 0.05) is 17.1 Å². The number of rotatable bonds is 5. The van der Waals surface area contributed by atoms with E-state index >= 15 is 0 Å². The van der Waals surface area contributed by atoms with E-state index in [4.69, 9.17) is 0 Å². The van der Waals surface area contributed by atoms with Crippen LogP contribution in [-0.4, -0.2) is 44.8 Å². The summed E-state index contributed by atoms with van der Waals surface area (Å²) in [6.45, 7) is 2.72. The Bertz CT molecular complexity index is 831. The molecule has 1 atom stereocenters. The first-order valence-corrected chi connectivity index (χ1v) is 9.94. The van der Waals surface area contributed by atoms with Crippen molar-refractivity contribution in [2.45, 2.75) is 12.6 Å². The average Bonchev–Trinajstić information content (AvgIpc) is 3.13. The number of halogens is 1. The SMILES string of the molecule is Fc1ccc([C@H](c2nnnn2Cc2ccccc2)[NH+]2CCSCC2)cc1. The van der Waals surface area contributed by atoms with Crippen LogP contribution in [0.4, 0.5) is 4.39 Å². The fourth-order valence-corrected chi connectivity index (χ4v) is 4.45. The number of benzene rings is 2. The van der Waals surface area contributed by atoms with Crippen LogP contribution in [0, 0.1) is 5.82 Å². The van der Waals surface area contributed by atoms with Gasteiger partial charge >= 0.3 is 0 Å². The maximum atomic E-state index is 13.4. The molecule has 3 aromatic rings. The van der Waals surface area contributed by atoms with Gasteiger partial charge in [0.2, 0.25) is 5.82 Å². The van der Waals surface area contributed by atoms with E-state index in [0.29, 0.717) is 6.54 Å². The second kappa shape index (κ2) is 7.97. The van der Waals surface area contributed by atoms with Crippen molar-refractivity contribution in [3.05, 3.63) is 77.4 Å². The molecule has 2 aromatic carbocycles. The first kappa shape index (κ1) is 17.2. The molecule has 1 saturated heterocycles. The van der Waals surface area contributed by atoms with Gasteiger partial charge in [-0.1, -0.05) is 30.3 Å². The predicted molar refractivity (Wildman–Crippen MR) is 99.6 cm³/mol. The van der Waals surface area contributed by atoms with E-state index in [0.717, 1.165) is 41.5 Å². The van der Waals surface area contributed by atoms with E-state index in [2.05, 4.69) is 27.7 Å². The monoisotopic (exact) mass is 370 g/mol. The quantitative estimate of drug-likeness (QED) is 0.741. The summed E-state index contributed by atoms with van der Waals surface area (Å²) in [6.07, 6.45) is 0. The molecule has 7 heteroatoms. The van der Waals surface area contributed by atoms with Crippen molar-refractivity contribution in [1.82, 2.24) is 20.2 Å². The fourth-order valence-electron chi connectivity index (χ4n) is 3.43. The lowest BCUT2D eigenvalue weighted by atomic mass is 10.0. The van der Waals surface area contributed by atoms with Crippen molar-refractivity contribution in [3.63, 3.8) is 0 Å². The summed E-state index contributed by atoms with van der Waals surface area (Å²) in [6, 6.07) is 16.9. The molecule has 1 aliphatic heterocycles. The van der Waals surface area contributed by atoms with E-state index < -0.39 is 0 Å². The Morgan fingerprint density at radius 3 is 2.50 bits per heavy atom. The third-order valence-corrected chi connectivity index (χ3v) is 5.73. The van der Waals surface area contributed by atoms with Crippen molar-refractivity contribution in [2.24, 2.45) is 0 Å². The maximum Gasteiger partial charge on any atom is 0.214 e. The van der Waals surface area contributed by atoms with Gasteiger partial charge in [0.15, 0.2) is 6.04 Å². The van der Waals surface area contributed by atoms with Crippen LogP contribution < -0.4 is 4.90 Å². The second-order valence-corrected chi connectivity index (χ2v) is 7.66. The van der Waals surface area contributed by atoms with E-state index in [9.17, 15) is 4.39 Å². The number of nitrogens with one attached hydrogen (secondary N) is 1. The number of hydrogen-bond donors (Lipinski definition) is 1. The van der Waals surface area contributed by atoms with Gasteiger partial charge in [0.1, 0.15) is 5.82 Å². The van der Waals surface area contributed by atoms with Crippen LogP contribution in [0.25, 0.3) is 0 Å². The van der Waals surface area contributed by atoms with Crippen molar-refractivity contribution < 1.29 is 9.29 Å². The van der Waals surface area contributed by atoms with Crippen LogP contribution in [0.15, 0.2) is 54.6 Å². The van der Waals surface area contributed by atoms with Crippen LogP contribution >= 0.6 is 11.8 Å². The van der Waals surface area contributed by atoms with Crippen molar-refractivity contribution in [1.29, 1.82) is 0 Å². The smallest absolute Gasteiger partial charge is 0.214 e. The molecular weight excluding hydrogens is 349 g/mol. The van der Waals surface area contributed by atoms with E-state index in [1.807, 2.05) is 46.8 Å². The molecular formula is C19H21FN5S+. The molecule has 26 heavy (non-hydrogen) atoms. The molecule has 1 aliphatic rings. The summed E-state index contributed by atoms with van der Waals surface area (Å²) >= 11 is 1.98. The average molecular weight is 370 g/mol. The molecule has 0 spiro atoms. The Hall–Kier alpha value is -2.25. The first-order valence-electron chi connectivity index (χ1n) is 8.79. The number of hydrogen-bond acceptors (Lipinski definition) is 4. The molecule has 1 aromatic heterocycles. The number of quaternary nitrogens is 1. The van der Waals surface area contributed by atoms with Gasteiger partial charge in [0.25, 0.3) is 0 Å². The van der Waals surface area contributed by atoms with Crippen LogP contribution in [-0.2, 0) is 6.54 Å². The highest BCUT2D eigenvalue weighted by atomic mass is 32.2. The second-order valence-electron chi connectivity index (χ2n) is 6.44. The zero-order chi connectivity index (χ0) is 17.8. The van der Waals surface area contributed by atoms with Gasteiger partial charge in [-0.15, -0.1) is 5.10 Å². The maximum absolute atomic E-state index is 13.4. The predicted octanol–water partition coefficient (Wildman–Crippen LogP) is 1.58. The van der Waals surface area contributed by atoms with Crippen LogP contribution in [0.5, 0.6) is 0 Å². The Labute approximate surface area is 156 Å². The van der Waals surface area contributed by atoms with E-state index in [1.54, 1.807) is 0 Å². The normalized spacial score (nSPS) is 16.5. The molecule has 0 radical (unpaired) electrons. The van der Waals surface area contributed by atoms with Crippen LogP contribution in [0.2, 0.25) is 0 Å². The number of tetrazole rings is 1. The number of nitrogens with zero attached hydrogens (tertiary/aromatic N) is 4. The Morgan fingerprint density at radius 2 is 1.77 bits per heavy atom. The molecule has 4 rings (SSSR count). The van der Waals surface area contributed by atoms with Gasteiger partial charge in [-0.2, -0.15) is 11.8 Å². The van der Waals surface area contributed by atoms with E-state index in [-0.39, 0.29) is 11.9 Å². The van der Waals surface area contributed by atoms with Gasteiger partial charge in [-0.25, -0.2) is 9.07 Å². The van der Waals surface area contributed by atoms with Crippen LogP contribution in [0.1, 0.15) is 23.0 Å². The van der Waals surface area contributed by atoms with E-state index in [1.165, 1.54) is 17.0 Å². The largest absolute Gasteiger partial charge is 0.321 e. The standard InChI is InChI=1S/C19H20FN5S/c20-17-8-6-16(7-9-17)18(24-10-12-26-13-11-24)19-21-22-23-25(19)14-15-4-2-1-3-5-15/h1-9,18H,10-14H2/p+1/t18-/m1/s1. The molecule has 0 bridgehead atoms. The molecule has 0 aliphatic carbocycles. The number of thioether (sulfide) groups is 1. The first-order chi connectivity index (χ1) is 12.8. The Kier molecular flexibility index (Phi) is 5.26. The highest BCUT2D eigenvalue weighted by Gasteiger charge is 2.32. The molecule has 2 heterocycles. The molecule has 0 saturated carbocycles. The summed E-state index contributed by atoms with van der Waals surface area (Å²) < 4.78 is 15.3. The summed E-state index contributed by atoms with van der Waals surface area (Å²) in [5.74, 6) is 2.85. The summed E-state index contributed by atoms with van der Waals surface area (Å²) in [7, 11) is 0.